The van der Waals surface area contributed by atoms with Crippen molar-refractivity contribution in [2.24, 2.45) is 0 Å². The summed E-state index contributed by atoms with van der Waals surface area (Å²) < 4.78 is 28.8. The second kappa shape index (κ2) is 29.8. The Balaban J connectivity index is 2.41. The van der Waals surface area contributed by atoms with Gasteiger partial charge in [0.05, 0.1) is 52.1 Å². The highest BCUT2D eigenvalue weighted by atomic mass is 31.2. The van der Waals surface area contributed by atoms with E-state index in [1.54, 1.807) is 6.08 Å². The highest BCUT2D eigenvalue weighted by Gasteiger charge is 2.36. The zero-order valence-electron chi connectivity index (χ0n) is 33.0. The molecule has 9 nitrogen and oxygen atoms in total. The number of allylic oxidation sites excluding steroid dienone is 5. The van der Waals surface area contributed by atoms with Crippen molar-refractivity contribution < 1.29 is 37.6 Å². The van der Waals surface area contributed by atoms with Crippen molar-refractivity contribution >= 4 is 13.7 Å². The smallest absolute Gasteiger partial charge is 0.268 e. The van der Waals surface area contributed by atoms with Crippen molar-refractivity contribution in [2.75, 3.05) is 40.9 Å². The predicted octanol–water partition coefficient (Wildman–Crippen LogP) is 8.87. The van der Waals surface area contributed by atoms with Gasteiger partial charge in [0.25, 0.3) is 7.82 Å². The zero-order valence-corrected chi connectivity index (χ0v) is 33.9. The Labute approximate surface area is 312 Å². The molecule has 0 saturated carbocycles. The number of likely N-dealkylation sites (N-methyl/N-ethyl adjacent to an activating group) is 1. The average molecular weight is 739 g/mol. The lowest BCUT2D eigenvalue weighted by atomic mass is 10.1. The number of aliphatic hydroxyl groups is 1. The summed E-state index contributed by atoms with van der Waals surface area (Å²) in [4.78, 5) is 25.2. The van der Waals surface area contributed by atoms with Gasteiger partial charge in [-0.25, -0.2) is 0 Å². The van der Waals surface area contributed by atoms with E-state index in [-0.39, 0.29) is 18.9 Å². The molecule has 0 spiro atoms. The summed E-state index contributed by atoms with van der Waals surface area (Å²) in [5, 5.41) is 13.7. The fourth-order valence-electron chi connectivity index (χ4n) is 5.54. The Kier molecular flexibility index (Phi) is 27.7. The Morgan fingerprint density at radius 2 is 1.31 bits per heavy atom. The van der Waals surface area contributed by atoms with Gasteiger partial charge in [-0.1, -0.05) is 127 Å². The Morgan fingerprint density at radius 1 is 0.784 bits per heavy atom. The summed E-state index contributed by atoms with van der Waals surface area (Å²) in [5.74, 6) is -0.259. The van der Waals surface area contributed by atoms with Crippen molar-refractivity contribution in [3.8, 4) is 0 Å². The first-order valence-electron chi connectivity index (χ1n) is 20.1. The van der Waals surface area contributed by atoms with Gasteiger partial charge in [0, 0.05) is 6.42 Å². The molecule has 1 fully saturated rings. The minimum Gasteiger partial charge on any atom is -0.756 e. The molecular weight excluding hydrogens is 663 g/mol. The molecule has 1 amide bonds. The molecule has 3 unspecified atom stereocenters. The minimum atomic E-state index is -4.60. The van der Waals surface area contributed by atoms with Gasteiger partial charge in [-0.05, 0) is 57.8 Å². The van der Waals surface area contributed by atoms with Crippen molar-refractivity contribution in [1.82, 2.24) is 5.32 Å². The number of nitrogens with one attached hydrogen (secondary N) is 1. The van der Waals surface area contributed by atoms with E-state index >= 15 is 0 Å². The number of epoxide rings is 1. The number of phosphoric acid groups is 1. The number of ether oxygens (including phenoxy) is 1. The van der Waals surface area contributed by atoms with Crippen molar-refractivity contribution in [3.05, 3.63) is 48.6 Å². The van der Waals surface area contributed by atoms with Gasteiger partial charge in [-0.15, -0.1) is 0 Å². The molecule has 296 valence electrons. The lowest BCUT2D eigenvalue weighted by Crippen LogP contribution is -2.45. The average Bonchev–Trinajstić information content (AvgIpc) is 3.83. The number of hydrogen-bond donors (Lipinski definition) is 2. The van der Waals surface area contributed by atoms with Crippen LogP contribution in [0.3, 0.4) is 0 Å². The monoisotopic (exact) mass is 739 g/mol. The first-order chi connectivity index (χ1) is 24.5. The summed E-state index contributed by atoms with van der Waals surface area (Å²) >= 11 is 0. The van der Waals surface area contributed by atoms with Crippen LogP contribution in [0.25, 0.3) is 0 Å². The topological polar surface area (TPSA) is 120 Å². The summed E-state index contributed by atoms with van der Waals surface area (Å²) in [5.41, 5.74) is 0. The van der Waals surface area contributed by atoms with E-state index in [0.29, 0.717) is 29.7 Å². The number of carbonyl (C=O) groups excluding carboxylic acids is 1. The number of carbonyl (C=O) groups is 1. The van der Waals surface area contributed by atoms with Gasteiger partial charge in [-0.3, -0.25) is 9.36 Å². The number of nitrogens with zero attached hydrogens (tertiary/aromatic N) is 1. The third-order valence-corrected chi connectivity index (χ3v) is 9.90. The number of rotatable bonds is 34. The van der Waals surface area contributed by atoms with Crippen LogP contribution in [0.2, 0.25) is 0 Å². The molecule has 1 aliphatic heterocycles. The number of quaternary nitrogens is 1. The fourth-order valence-corrected chi connectivity index (χ4v) is 6.26. The normalized spacial score (nSPS) is 19.0. The Morgan fingerprint density at radius 3 is 1.98 bits per heavy atom. The summed E-state index contributed by atoms with van der Waals surface area (Å²) in [6.07, 6.45) is 37.6. The Bertz CT molecular complexity index is 1040. The van der Waals surface area contributed by atoms with E-state index in [0.717, 1.165) is 51.4 Å². The molecule has 2 N–H and O–H groups in total. The number of phosphoric ester groups is 1. The lowest BCUT2D eigenvalue weighted by Gasteiger charge is -2.29. The van der Waals surface area contributed by atoms with E-state index in [1.807, 2.05) is 27.2 Å². The second-order valence-electron chi connectivity index (χ2n) is 15.0. The van der Waals surface area contributed by atoms with E-state index in [2.05, 4.69) is 55.6 Å². The maximum Gasteiger partial charge on any atom is 0.268 e. The molecule has 0 bridgehead atoms. The molecule has 0 radical (unpaired) electrons. The van der Waals surface area contributed by atoms with Crippen LogP contribution in [-0.4, -0.2) is 80.8 Å². The molecular formula is C41H75N2O7P. The zero-order chi connectivity index (χ0) is 37.6. The highest BCUT2D eigenvalue weighted by molar-refractivity contribution is 7.45. The number of amides is 1. The van der Waals surface area contributed by atoms with Crippen LogP contribution >= 0.6 is 7.82 Å². The molecule has 0 aromatic carbocycles. The van der Waals surface area contributed by atoms with Crippen molar-refractivity contribution in [2.45, 2.75) is 167 Å². The van der Waals surface area contributed by atoms with E-state index < -0.39 is 26.6 Å². The number of hydrogen-bond acceptors (Lipinski definition) is 7. The molecule has 10 heteroatoms. The maximum absolute atomic E-state index is 12.8. The maximum atomic E-state index is 12.8. The molecule has 0 aromatic rings. The molecule has 51 heavy (non-hydrogen) atoms. The van der Waals surface area contributed by atoms with Crippen molar-refractivity contribution in [1.29, 1.82) is 0 Å². The van der Waals surface area contributed by atoms with Gasteiger partial charge in [0.15, 0.2) is 0 Å². The molecule has 1 rings (SSSR count). The van der Waals surface area contributed by atoms with Gasteiger partial charge >= 0.3 is 0 Å². The summed E-state index contributed by atoms with van der Waals surface area (Å²) in [6, 6.07) is -0.918. The van der Waals surface area contributed by atoms with Crippen LogP contribution in [0, 0.1) is 0 Å². The molecule has 0 aliphatic carbocycles. The van der Waals surface area contributed by atoms with Gasteiger partial charge in [-0.2, -0.15) is 0 Å². The molecule has 0 aromatic heterocycles. The van der Waals surface area contributed by atoms with Crippen LogP contribution in [0.4, 0.5) is 0 Å². The quantitative estimate of drug-likeness (QED) is 0.0223. The first kappa shape index (κ1) is 47.4. The van der Waals surface area contributed by atoms with E-state index in [1.165, 1.54) is 64.2 Å². The standard InChI is InChI=1S/C41H75N2O7P/c1-6-8-10-12-14-15-16-17-19-22-26-30-38(44)37(36-49-51(46,47)48-35-34-43(3,4)5)42-41(45)33-29-25-21-18-20-24-28-32-40-39(50-40)31-27-23-13-11-9-7-2/h18,21,23-24,26-28,30,37-40,44H,6-17,19-20,22,25,29,31-36H2,1-5H3,(H-,42,45,46,47)/b21-18-,27-23-,28-24-,30-26+/t37-,38+,39?,40?/m0/s1. The lowest BCUT2D eigenvalue weighted by molar-refractivity contribution is -0.870. The Hall–Kier alpha value is -1.58. The first-order valence-corrected chi connectivity index (χ1v) is 21.6. The van der Waals surface area contributed by atoms with Gasteiger partial charge in [0.1, 0.15) is 13.2 Å². The SMILES string of the molecule is CCCCC/C=C\CC1OC1C/C=C\C/C=C\CCCC(=O)N[C@@H](COP(=O)([O-])OCC[N+](C)(C)C)[C@H](O)/C=C/CCCCCCCCCCC. The van der Waals surface area contributed by atoms with E-state index in [4.69, 9.17) is 13.8 Å². The van der Waals surface area contributed by atoms with Gasteiger partial charge < -0.3 is 33.6 Å². The third kappa shape index (κ3) is 29.6. The molecule has 1 saturated heterocycles. The second-order valence-corrected chi connectivity index (χ2v) is 16.4. The van der Waals surface area contributed by atoms with Crippen LogP contribution in [0.5, 0.6) is 0 Å². The summed E-state index contributed by atoms with van der Waals surface area (Å²) in [6.45, 7) is 4.52. The van der Waals surface area contributed by atoms with Crippen LogP contribution < -0.4 is 10.2 Å². The van der Waals surface area contributed by atoms with Crippen molar-refractivity contribution in [3.63, 3.8) is 0 Å². The highest BCUT2D eigenvalue weighted by Crippen LogP contribution is 2.38. The summed E-state index contributed by atoms with van der Waals surface area (Å²) in [7, 11) is 1.21. The van der Waals surface area contributed by atoms with Crippen LogP contribution in [0.1, 0.15) is 142 Å². The third-order valence-electron chi connectivity index (χ3n) is 8.94. The number of unbranched alkanes of at least 4 members (excludes halogenated alkanes) is 13. The van der Waals surface area contributed by atoms with Gasteiger partial charge in [0.2, 0.25) is 5.91 Å². The fraction of sp³-hybridized carbons (Fsp3) is 0.780. The minimum absolute atomic E-state index is 0.0155. The molecule has 1 aliphatic rings. The molecule has 5 atom stereocenters. The predicted molar refractivity (Wildman–Crippen MR) is 209 cm³/mol. The number of aliphatic hydroxyl groups excluding tert-OH is 1. The molecule has 1 heterocycles. The van der Waals surface area contributed by atoms with E-state index in [9.17, 15) is 19.4 Å². The van der Waals surface area contributed by atoms with Crippen LogP contribution in [-0.2, 0) is 23.1 Å². The van der Waals surface area contributed by atoms with Crippen LogP contribution in [0.15, 0.2) is 48.6 Å². The largest absolute Gasteiger partial charge is 0.756 e.